The lowest BCUT2D eigenvalue weighted by atomic mass is 10.3. The highest BCUT2D eigenvalue weighted by Crippen LogP contribution is 2.17. The minimum absolute atomic E-state index is 0.238. The molecule has 0 spiro atoms. The minimum Gasteiger partial charge on any atom is -0.393 e. The number of hydrogen-bond donors (Lipinski definition) is 4. The van der Waals surface area contributed by atoms with E-state index in [1.54, 1.807) is 12.3 Å². The van der Waals surface area contributed by atoms with Crippen LogP contribution in [0.1, 0.15) is 5.82 Å². The van der Waals surface area contributed by atoms with Crippen LogP contribution in [0.25, 0.3) is 22.6 Å². The monoisotopic (exact) mass is 255 g/mol. The lowest BCUT2D eigenvalue weighted by molar-refractivity contribution is 0.896. The number of benzene rings is 1. The van der Waals surface area contributed by atoms with Crippen molar-refractivity contribution in [1.29, 1.82) is 0 Å². The highest BCUT2D eigenvalue weighted by molar-refractivity contribution is 5.83. The molecule has 3 aromatic rings. The molecule has 7 N–H and O–H groups in total. The van der Waals surface area contributed by atoms with Gasteiger partial charge in [0.2, 0.25) is 0 Å². The van der Waals surface area contributed by atoms with Gasteiger partial charge in [-0.25, -0.2) is 4.98 Å². The summed E-state index contributed by atoms with van der Waals surface area (Å²) in [4.78, 5) is 7.47. The average Bonchev–Trinajstić information content (AvgIpc) is 3.02. The Morgan fingerprint density at radius 1 is 1.16 bits per heavy atom. The van der Waals surface area contributed by atoms with E-state index in [0.29, 0.717) is 17.3 Å². The number of anilines is 1. The summed E-state index contributed by atoms with van der Waals surface area (Å²) in [5.74, 6) is 1.15. The number of aromatic amines is 1. The van der Waals surface area contributed by atoms with E-state index in [-0.39, 0.29) is 5.82 Å². The molecular formula is C12H13N7. The average molecular weight is 255 g/mol. The molecule has 0 atom stereocenters. The van der Waals surface area contributed by atoms with Gasteiger partial charge in [0, 0.05) is 6.07 Å². The molecule has 0 aliphatic heterocycles. The summed E-state index contributed by atoms with van der Waals surface area (Å²) >= 11 is 0. The van der Waals surface area contributed by atoms with Gasteiger partial charge in [0.1, 0.15) is 11.5 Å². The molecule has 0 saturated heterocycles. The molecule has 19 heavy (non-hydrogen) atoms. The van der Waals surface area contributed by atoms with Gasteiger partial charge in [-0.2, -0.15) is 9.78 Å². The maximum atomic E-state index is 6.01. The van der Waals surface area contributed by atoms with Gasteiger partial charge in [0.15, 0.2) is 11.6 Å². The summed E-state index contributed by atoms with van der Waals surface area (Å²) in [6.45, 7) is 0. The Kier molecular flexibility index (Phi) is 2.38. The molecular weight excluding hydrogens is 242 g/mol. The molecule has 7 nitrogen and oxygen atoms in total. The van der Waals surface area contributed by atoms with Crippen LogP contribution in [0.15, 0.2) is 36.5 Å². The second-order valence-electron chi connectivity index (χ2n) is 4.07. The second kappa shape index (κ2) is 4.05. The minimum atomic E-state index is 0.238. The third-order valence-corrected chi connectivity index (χ3v) is 2.82. The van der Waals surface area contributed by atoms with Crippen molar-refractivity contribution in [3.05, 3.63) is 42.4 Å². The Labute approximate surface area is 108 Å². The van der Waals surface area contributed by atoms with Gasteiger partial charge in [-0.1, -0.05) is 12.1 Å². The summed E-state index contributed by atoms with van der Waals surface area (Å²) in [5.41, 5.74) is 19.7. The number of para-hydroxylation sites is 2. The number of imidazole rings is 1. The highest BCUT2D eigenvalue weighted by Gasteiger charge is 2.11. The van der Waals surface area contributed by atoms with Crippen LogP contribution in [0.4, 0.5) is 5.82 Å². The Hall–Kier alpha value is -2.96. The van der Waals surface area contributed by atoms with Gasteiger partial charge in [-0.15, -0.1) is 0 Å². The Balaban J connectivity index is 2.12. The van der Waals surface area contributed by atoms with Crippen LogP contribution in [-0.2, 0) is 0 Å². The van der Waals surface area contributed by atoms with Crippen LogP contribution >= 0.6 is 0 Å². The van der Waals surface area contributed by atoms with Gasteiger partial charge in [-0.3, -0.25) is 0 Å². The van der Waals surface area contributed by atoms with E-state index in [1.807, 2.05) is 24.3 Å². The highest BCUT2D eigenvalue weighted by atomic mass is 15.3. The summed E-state index contributed by atoms with van der Waals surface area (Å²) in [6, 6.07) is 9.26. The molecule has 0 amide bonds. The number of nitrogens with two attached hydrogens (primary N) is 3. The van der Waals surface area contributed by atoms with E-state index in [9.17, 15) is 0 Å². The molecule has 0 unspecified atom stereocenters. The lowest BCUT2D eigenvalue weighted by Crippen LogP contribution is -2.17. The van der Waals surface area contributed by atoms with Gasteiger partial charge in [0.05, 0.1) is 17.2 Å². The number of H-pyrrole nitrogens is 1. The fourth-order valence-electron chi connectivity index (χ4n) is 1.83. The lowest BCUT2D eigenvalue weighted by Gasteiger charge is -2.06. The molecule has 0 aliphatic carbocycles. The molecule has 0 fully saturated rings. The molecule has 96 valence electrons. The standard InChI is InChI=1S/C12H13N7/c13-9-5-6-16-19(9)11(15)10(14)12-17-7-3-1-2-4-8(7)18-12/h1-6H,13-15H2,(H,17,18)/b11-10-. The van der Waals surface area contributed by atoms with Gasteiger partial charge >= 0.3 is 0 Å². The predicted molar refractivity (Wildman–Crippen MR) is 74.2 cm³/mol. The number of fused-ring (bicyclic) bond motifs is 1. The summed E-state index contributed by atoms with van der Waals surface area (Å²) in [7, 11) is 0. The molecule has 0 bridgehead atoms. The fraction of sp³-hybridized carbons (Fsp3) is 0. The predicted octanol–water partition coefficient (Wildman–Crippen LogP) is 0.542. The van der Waals surface area contributed by atoms with E-state index in [1.165, 1.54) is 4.68 Å². The first kappa shape index (κ1) is 11.1. The van der Waals surface area contributed by atoms with Crippen molar-refractivity contribution in [3.63, 3.8) is 0 Å². The summed E-state index contributed by atoms with van der Waals surface area (Å²) in [5, 5.41) is 4.00. The van der Waals surface area contributed by atoms with Crippen LogP contribution in [0, 0.1) is 0 Å². The number of nitrogens with zero attached hydrogens (tertiary/aromatic N) is 3. The topological polar surface area (TPSA) is 125 Å². The smallest absolute Gasteiger partial charge is 0.158 e. The first-order valence-electron chi connectivity index (χ1n) is 5.67. The zero-order valence-electron chi connectivity index (χ0n) is 10.0. The number of hydrogen-bond acceptors (Lipinski definition) is 5. The van der Waals surface area contributed by atoms with Crippen molar-refractivity contribution in [2.75, 3.05) is 5.73 Å². The van der Waals surface area contributed by atoms with Crippen LogP contribution < -0.4 is 17.2 Å². The van der Waals surface area contributed by atoms with Crippen LogP contribution in [0.2, 0.25) is 0 Å². The van der Waals surface area contributed by atoms with E-state index in [0.717, 1.165) is 11.0 Å². The van der Waals surface area contributed by atoms with E-state index < -0.39 is 0 Å². The zero-order valence-corrected chi connectivity index (χ0v) is 10.0. The molecule has 0 aliphatic rings. The largest absolute Gasteiger partial charge is 0.393 e. The second-order valence-corrected chi connectivity index (χ2v) is 4.07. The fourth-order valence-corrected chi connectivity index (χ4v) is 1.83. The number of nitrogen functional groups attached to an aromatic ring is 1. The van der Waals surface area contributed by atoms with Crippen LogP contribution in [-0.4, -0.2) is 19.7 Å². The molecule has 0 saturated carbocycles. The maximum Gasteiger partial charge on any atom is 0.158 e. The first-order chi connectivity index (χ1) is 9.16. The normalized spacial score (nSPS) is 12.6. The van der Waals surface area contributed by atoms with Crippen molar-refractivity contribution in [3.8, 4) is 0 Å². The SMILES string of the molecule is N/C(=C(/N)n1nccc1N)c1nc2ccccc2[nH]1. The van der Waals surface area contributed by atoms with Crippen molar-refractivity contribution in [2.24, 2.45) is 11.5 Å². The third-order valence-electron chi connectivity index (χ3n) is 2.82. The molecule has 0 radical (unpaired) electrons. The Morgan fingerprint density at radius 2 is 1.95 bits per heavy atom. The van der Waals surface area contributed by atoms with Gasteiger partial charge < -0.3 is 22.2 Å². The van der Waals surface area contributed by atoms with Gasteiger partial charge in [-0.05, 0) is 12.1 Å². The number of rotatable bonds is 2. The first-order valence-corrected chi connectivity index (χ1v) is 5.67. The van der Waals surface area contributed by atoms with E-state index >= 15 is 0 Å². The van der Waals surface area contributed by atoms with Crippen molar-refractivity contribution in [1.82, 2.24) is 19.7 Å². The van der Waals surface area contributed by atoms with Crippen molar-refractivity contribution in [2.45, 2.75) is 0 Å². The van der Waals surface area contributed by atoms with Crippen LogP contribution in [0.3, 0.4) is 0 Å². The molecule has 7 heteroatoms. The Bertz CT molecular complexity index is 732. The molecule has 1 aromatic carbocycles. The van der Waals surface area contributed by atoms with Crippen molar-refractivity contribution >= 4 is 28.4 Å². The molecule has 2 heterocycles. The maximum absolute atomic E-state index is 6.01. The van der Waals surface area contributed by atoms with E-state index in [2.05, 4.69) is 15.1 Å². The Morgan fingerprint density at radius 3 is 2.63 bits per heavy atom. The molecule has 2 aromatic heterocycles. The summed E-state index contributed by atoms with van der Waals surface area (Å²) < 4.78 is 1.36. The quantitative estimate of drug-likeness (QED) is 0.532. The van der Waals surface area contributed by atoms with E-state index in [4.69, 9.17) is 17.2 Å². The summed E-state index contributed by atoms with van der Waals surface area (Å²) in [6.07, 6.45) is 1.55. The van der Waals surface area contributed by atoms with Gasteiger partial charge in [0.25, 0.3) is 0 Å². The molecule has 3 rings (SSSR count). The third kappa shape index (κ3) is 1.77. The number of nitrogens with one attached hydrogen (secondary N) is 1. The van der Waals surface area contributed by atoms with Crippen molar-refractivity contribution < 1.29 is 0 Å². The van der Waals surface area contributed by atoms with Crippen LogP contribution in [0.5, 0.6) is 0 Å². The number of aromatic nitrogens is 4. The zero-order chi connectivity index (χ0) is 13.4.